The molecule has 0 aliphatic carbocycles. The van der Waals surface area contributed by atoms with Crippen LogP contribution in [0.5, 0.6) is 0 Å². The van der Waals surface area contributed by atoms with Crippen molar-refractivity contribution in [3.8, 4) is 20.9 Å². The Morgan fingerprint density at radius 2 is 0.691 bits per heavy atom. The Balaban J connectivity index is 1.60. The summed E-state index contributed by atoms with van der Waals surface area (Å²) in [6.07, 6.45) is 25.9. The summed E-state index contributed by atoms with van der Waals surface area (Å²) in [4.78, 5) is 3.04. The second-order valence-corrected chi connectivity index (χ2v) is 20.3. The average molecular weight is 797 g/mol. The standard InChI is InChI=1S/C52H76S3/c1-9-17-23-37(13-5)31-41-27-21-28-42(32-38(14-6)24-18-10-2)49(41)45-35-47-51(54-45)52-48(53-47)36-46(55-52)50-43(33-39(15-7)25-19-11-3)29-22-30-44(50)34-40(16-8)26-20-12-4/h21-22,27-30,35-40H,9-20,23-26,31-34H2,1-8H3. The third-order valence-corrected chi connectivity index (χ3v) is 16.8. The van der Waals surface area contributed by atoms with Crippen LogP contribution in [0.3, 0.4) is 0 Å². The molecule has 55 heavy (non-hydrogen) atoms. The Morgan fingerprint density at radius 1 is 0.400 bits per heavy atom. The van der Waals surface area contributed by atoms with E-state index in [1.54, 1.807) is 33.4 Å². The minimum absolute atomic E-state index is 0.765. The highest BCUT2D eigenvalue weighted by Gasteiger charge is 2.23. The fraction of sp³-hybridized carbons (Fsp3) is 0.615. The molecular formula is C52H76S3. The molecule has 0 nitrogen and oxygen atoms in total. The van der Waals surface area contributed by atoms with Crippen molar-refractivity contribution in [1.82, 2.24) is 0 Å². The minimum Gasteiger partial charge on any atom is -0.133 e. The maximum atomic E-state index is 2.60. The molecule has 0 radical (unpaired) electrons. The summed E-state index contributed by atoms with van der Waals surface area (Å²) in [5, 5.41) is 0. The van der Waals surface area contributed by atoms with E-state index < -0.39 is 0 Å². The van der Waals surface area contributed by atoms with Crippen LogP contribution in [-0.4, -0.2) is 0 Å². The number of hydrogen-bond acceptors (Lipinski definition) is 3. The van der Waals surface area contributed by atoms with Crippen molar-refractivity contribution in [3.63, 3.8) is 0 Å². The van der Waals surface area contributed by atoms with Crippen molar-refractivity contribution in [2.24, 2.45) is 23.7 Å². The van der Waals surface area contributed by atoms with Crippen molar-refractivity contribution < 1.29 is 0 Å². The van der Waals surface area contributed by atoms with Crippen LogP contribution in [0.1, 0.15) is 180 Å². The monoisotopic (exact) mass is 797 g/mol. The largest absolute Gasteiger partial charge is 0.133 e. The molecule has 5 rings (SSSR count). The van der Waals surface area contributed by atoms with Gasteiger partial charge >= 0.3 is 0 Å². The summed E-state index contributed by atoms with van der Waals surface area (Å²) in [6.45, 7) is 19.0. The molecule has 0 saturated carbocycles. The summed E-state index contributed by atoms with van der Waals surface area (Å²) in [5.41, 5.74) is 9.58. The van der Waals surface area contributed by atoms with Crippen LogP contribution in [0.25, 0.3) is 39.7 Å². The average Bonchev–Trinajstić information content (AvgIpc) is 3.89. The van der Waals surface area contributed by atoms with Gasteiger partial charge in [0.15, 0.2) is 0 Å². The molecule has 3 heterocycles. The summed E-state index contributed by atoms with van der Waals surface area (Å²) in [5.74, 6) is 3.06. The van der Waals surface area contributed by atoms with Crippen LogP contribution < -0.4 is 0 Å². The van der Waals surface area contributed by atoms with Gasteiger partial charge in [0.05, 0.1) is 9.40 Å². The lowest BCUT2D eigenvalue weighted by atomic mass is 9.84. The quantitative estimate of drug-likeness (QED) is 0.0523. The lowest BCUT2D eigenvalue weighted by Crippen LogP contribution is -2.08. The molecular weight excluding hydrogens is 721 g/mol. The molecule has 0 spiro atoms. The molecule has 2 aromatic carbocycles. The maximum absolute atomic E-state index is 2.60. The Morgan fingerprint density at radius 3 is 0.945 bits per heavy atom. The maximum Gasteiger partial charge on any atom is 0.0636 e. The van der Waals surface area contributed by atoms with Gasteiger partial charge in [-0.3, -0.25) is 0 Å². The fourth-order valence-corrected chi connectivity index (χ4v) is 13.5. The van der Waals surface area contributed by atoms with Crippen molar-refractivity contribution in [2.75, 3.05) is 0 Å². The highest BCUT2D eigenvalue weighted by atomic mass is 32.1. The van der Waals surface area contributed by atoms with E-state index in [0.29, 0.717) is 0 Å². The highest BCUT2D eigenvalue weighted by molar-refractivity contribution is 7.40. The van der Waals surface area contributed by atoms with E-state index in [9.17, 15) is 0 Å². The number of fused-ring (bicyclic) bond motifs is 3. The van der Waals surface area contributed by atoms with Gasteiger partial charge in [-0.05, 0) is 94.9 Å². The van der Waals surface area contributed by atoms with E-state index in [0.717, 1.165) is 23.7 Å². The predicted octanol–water partition coefficient (Wildman–Crippen LogP) is 18.5. The van der Waals surface area contributed by atoms with Crippen molar-refractivity contribution in [1.29, 1.82) is 0 Å². The van der Waals surface area contributed by atoms with E-state index in [1.807, 2.05) is 0 Å². The fourth-order valence-electron chi connectivity index (χ4n) is 9.22. The van der Waals surface area contributed by atoms with Crippen molar-refractivity contribution >= 4 is 52.8 Å². The van der Waals surface area contributed by atoms with Gasteiger partial charge in [0.2, 0.25) is 0 Å². The summed E-state index contributed by atoms with van der Waals surface area (Å²) in [6, 6.07) is 19.9. The van der Waals surface area contributed by atoms with E-state index in [1.165, 1.54) is 157 Å². The number of unbranched alkanes of at least 4 members (excludes halogenated alkanes) is 4. The van der Waals surface area contributed by atoms with E-state index in [4.69, 9.17) is 0 Å². The van der Waals surface area contributed by atoms with Crippen LogP contribution in [-0.2, 0) is 25.7 Å². The zero-order valence-electron chi connectivity index (χ0n) is 36.3. The molecule has 0 amide bonds. The number of rotatable bonds is 26. The molecule has 302 valence electrons. The first-order valence-corrected chi connectivity index (χ1v) is 25.5. The zero-order valence-corrected chi connectivity index (χ0v) is 38.7. The smallest absolute Gasteiger partial charge is 0.0636 e. The third kappa shape index (κ3) is 11.6. The third-order valence-electron chi connectivity index (χ3n) is 13.0. The first kappa shape index (κ1) is 44.2. The van der Waals surface area contributed by atoms with Crippen LogP contribution >= 0.6 is 34.0 Å². The Bertz CT molecular complexity index is 1640. The molecule has 4 atom stereocenters. The molecule has 0 saturated heterocycles. The number of thiophene rings is 3. The Labute approximate surface area is 350 Å². The SMILES string of the molecule is CCCCC(CC)Cc1cccc(CC(CC)CCCC)c1-c1cc2sc3cc(-c4c(CC(CC)CCCC)cccc4CC(CC)CCCC)sc3c2s1. The summed E-state index contributed by atoms with van der Waals surface area (Å²) >= 11 is 6.26. The van der Waals surface area contributed by atoms with Gasteiger partial charge in [0, 0.05) is 19.2 Å². The number of benzene rings is 2. The molecule has 3 aromatic heterocycles. The van der Waals surface area contributed by atoms with Crippen molar-refractivity contribution in [3.05, 3.63) is 70.8 Å². The Hall–Kier alpha value is -1.94. The topological polar surface area (TPSA) is 0 Å². The van der Waals surface area contributed by atoms with Crippen LogP contribution in [0.15, 0.2) is 48.5 Å². The van der Waals surface area contributed by atoms with Gasteiger partial charge in [-0.25, -0.2) is 0 Å². The molecule has 4 unspecified atom stereocenters. The van der Waals surface area contributed by atoms with Gasteiger partial charge in [-0.1, -0.05) is 195 Å². The van der Waals surface area contributed by atoms with E-state index in [2.05, 4.69) is 138 Å². The molecule has 3 heteroatoms. The first-order valence-electron chi connectivity index (χ1n) is 23.1. The molecule has 5 aromatic rings. The number of hydrogen-bond donors (Lipinski definition) is 0. The molecule has 0 bridgehead atoms. The normalized spacial score (nSPS) is 14.3. The predicted molar refractivity (Wildman–Crippen MR) is 254 cm³/mol. The summed E-state index contributed by atoms with van der Waals surface area (Å²) in [7, 11) is 0. The highest BCUT2D eigenvalue weighted by Crippen LogP contribution is 2.50. The second-order valence-electron chi connectivity index (χ2n) is 17.1. The van der Waals surface area contributed by atoms with Gasteiger partial charge in [0.1, 0.15) is 0 Å². The van der Waals surface area contributed by atoms with E-state index >= 15 is 0 Å². The minimum atomic E-state index is 0.765. The van der Waals surface area contributed by atoms with Crippen LogP contribution in [0.2, 0.25) is 0 Å². The van der Waals surface area contributed by atoms with Gasteiger partial charge in [-0.2, -0.15) is 0 Å². The Kier molecular flexibility index (Phi) is 18.4. The lowest BCUT2D eigenvalue weighted by molar-refractivity contribution is 0.445. The van der Waals surface area contributed by atoms with Gasteiger partial charge in [0.25, 0.3) is 0 Å². The zero-order chi connectivity index (χ0) is 39.2. The summed E-state index contributed by atoms with van der Waals surface area (Å²) < 4.78 is 6.06. The molecule has 0 aliphatic rings. The van der Waals surface area contributed by atoms with Crippen LogP contribution in [0.4, 0.5) is 0 Å². The van der Waals surface area contributed by atoms with E-state index in [-0.39, 0.29) is 0 Å². The molecule has 0 aliphatic heterocycles. The van der Waals surface area contributed by atoms with Gasteiger partial charge < -0.3 is 0 Å². The molecule has 0 fully saturated rings. The van der Waals surface area contributed by atoms with Gasteiger partial charge in [-0.15, -0.1) is 34.0 Å². The van der Waals surface area contributed by atoms with Crippen LogP contribution in [0, 0.1) is 23.7 Å². The second kappa shape index (κ2) is 22.9. The van der Waals surface area contributed by atoms with Crippen molar-refractivity contribution in [2.45, 2.75) is 184 Å². The molecule has 0 N–H and O–H groups in total. The first-order chi connectivity index (χ1) is 26.9. The lowest BCUT2D eigenvalue weighted by Gasteiger charge is -2.21.